The number of hydrogen-bond acceptors (Lipinski definition) is 6. The van der Waals surface area contributed by atoms with Gasteiger partial charge in [0, 0.05) is 19.0 Å². The summed E-state index contributed by atoms with van der Waals surface area (Å²) in [5, 5.41) is 2.84. The Labute approximate surface area is 158 Å². The lowest BCUT2D eigenvalue weighted by atomic mass is 10.1. The highest BCUT2D eigenvalue weighted by molar-refractivity contribution is 7.90. The molecule has 2 aliphatic rings. The molecule has 0 aromatic heterocycles. The van der Waals surface area contributed by atoms with E-state index < -0.39 is 19.9 Å². The molecule has 0 aliphatic carbocycles. The van der Waals surface area contributed by atoms with E-state index in [4.69, 9.17) is 0 Å². The number of nitrogens with one attached hydrogen (secondary N) is 1. The van der Waals surface area contributed by atoms with Gasteiger partial charge in [-0.15, -0.1) is 4.40 Å². The normalized spacial score (nSPS) is 19.6. The second-order valence-electron chi connectivity index (χ2n) is 6.38. The van der Waals surface area contributed by atoms with Crippen LogP contribution < -0.4 is 5.32 Å². The summed E-state index contributed by atoms with van der Waals surface area (Å²) in [6.07, 6.45) is 5.73. The number of amides is 1. The molecule has 27 heavy (non-hydrogen) atoms. The summed E-state index contributed by atoms with van der Waals surface area (Å²) in [6.45, 7) is 2.03. The van der Waals surface area contributed by atoms with Crippen molar-refractivity contribution in [2.45, 2.75) is 17.9 Å². The zero-order chi connectivity index (χ0) is 19.8. The van der Waals surface area contributed by atoms with Crippen LogP contribution in [-0.2, 0) is 24.7 Å². The minimum Gasteiger partial charge on any atom is -0.345 e. The fourth-order valence-electron chi connectivity index (χ4n) is 2.70. The van der Waals surface area contributed by atoms with E-state index in [1.807, 2.05) is 0 Å². The number of carbonyl (C=O) groups is 1. The van der Waals surface area contributed by atoms with Gasteiger partial charge in [0.2, 0.25) is 0 Å². The third-order valence-electron chi connectivity index (χ3n) is 4.24. The molecule has 1 aromatic rings. The second kappa shape index (κ2) is 6.93. The van der Waals surface area contributed by atoms with Gasteiger partial charge in [-0.25, -0.2) is 16.8 Å². The van der Waals surface area contributed by atoms with Gasteiger partial charge in [-0.2, -0.15) is 0 Å². The summed E-state index contributed by atoms with van der Waals surface area (Å²) < 4.78 is 49.8. The van der Waals surface area contributed by atoms with Gasteiger partial charge in [0.05, 0.1) is 22.3 Å². The number of fused-ring (bicyclic) bond motifs is 1. The molecular formula is C17H19N3O5S2. The lowest BCUT2D eigenvalue weighted by molar-refractivity contribution is -0.117. The van der Waals surface area contributed by atoms with Crippen LogP contribution in [0.15, 0.2) is 57.5 Å². The van der Waals surface area contributed by atoms with Gasteiger partial charge in [-0.05, 0) is 36.8 Å². The lowest BCUT2D eigenvalue weighted by Crippen LogP contribution is -2.38. The molecule has 8 nitrogen and oxygen atoms in total. The van der Waals surface area contributed by atoms with Gasteiger partial charge in [0.25, 0.3) is 15.9 Å². The molecule has 1 amide bonds. The van der Waals surface area contributed by atoms with Crippen molar-refractivity contribution in [2.75, 3.05) is 18.6 Å². The van der Waals surface area contributed by atoms with Crippen LogP contribution in [0.25, 0.3) is 0 Å². The minimum atomic E-state index is -3.44. The number of carbonyl (C=O) groups excluding carboxylic acids is 1. The molecule has 0 saturated heterocycles. The summed E-state index contributed by atoms with van der Waals surface area (Å²) in [7, 11) is -6.71. The fourth-order valence-corrected chi connectivity index (χ4v) is 4.30. The first-order valence-electron chi connectivity index (χ1n) is 8.15. The van der Waals surface area contributed by atoms with Crippen LogP contribution in [0, 0.1) is 0 Å². The van der Waals surface area contributed by atoms with Gasteiger partial charge >= 0.3 is 0 Å². The standard InChI is InChI=1S/C17H19N3O5S2/c1-12(13-3-6-15(7-4-13)26(2,22)23)18-17(21)14-5-8-16-19-27(24,25)10-9-20(16)11-14/h3-8,11-12H,9-10H2,1-2H3,(H,18,21)/t12-/m1/s1. The number of amidine groups is 1. The van der Waals surface area contributed by atoms with Crippen molar-refractivity contribution in [1.82, 2.24) is 10.2 Å². The maximum absolute atomic E-state index is 12.5. The molecule has 1 atom stereocenters. The molecule has 0 bridgehead atoms. The minimum absolute atomic E-state index is 0.0984. The molecule has 0 radical (unpaired) electrons. The summed E-state index contributed by atoms with van der Waals surface area (Å²) in [4.78, 5) is 14.3. The highest BCUT2D eigenvalue weighted by Crippen LogP contribution is 2.19. The zero-order valence-corrected chi connectivity index (χ0v) is 16.4. The van der Waals surface area contributed by atoms with E-state index >= 15 is 0 Å². The Balaban J connectivity index is 1.71. The van der Waals surface area contributed by atoms with Crippen LogP contribution in [0.3, 0.4) is 0 Å². The van der Waals surface area contributed by atoms with Gasteiger partial charge in [0.1, 0.15) is 5.84 Å². The van der Waals surface area contributed by atoms with E-state index in [-0.39, 0.29) is 29.1 Å². The average molecular weight is 409 g/mol. The van der Waals surface area contributed by atoms with E-state index in [0.29, 0.717) is 11.4 Å². The van der Waals surface area contributed by atoms with Crippen molar-refractivity contribution in [1.29, 1.82) is 0 Å². The maximum atomic E-state index is 12.5. The molecule has 144 valence electrons. The smallest absolute Gasteiger partial charge is 0.256 e. The van der Waals surface area contributed by atoms with Crippen molar-refractivity contribution in [2.24, 2.45) is 4.40 Å². The highest BCUT2D eigenvalue weighted by atomic mass is 32.2. The number of sulfone groups is 1. The van der Waals surface area contributed by atoms with E-state index in [1.165, 1.54) is 24.3 Å². The number of nitrogens with zero attached hydrogens (tertiary/aromatic N) is 2. The number of benzene rings is 1. The number of rotatable bonds is 4. The van der Waals surface area contributed by atoms with Crippen molar-refractivity contribution in [3.05, 3.63) is 53.8 Å². The van der Waals surface area contributed by atoms with E-state index in [9.17, 15) is 21.6 Å². The van der Waals surface area contributed by atoms with Crippen molar-refractivity contribution < 1.29 is 21.6 Å². The van der Waals surface area contributed by atoms with Crippen molar-refractivity contribution >= 4 is 31.6 Å². The molecule has 10 heteroatoms. The molecule has 2 heterocycles. The second-order valence-corrected chi connectivity index (χ2v) is 10.2. The van der Waals surface area contributed by atoms with Crippen molar-refractivity contribution in [3.63, 3.8) is 0 Å². The molecule has 1 aromatic carbocycles. The molecule has 2 aliphatic heterocycles. The highest BCUT2D eigenvalue weighted by Gasteiger charge is 2.25. The Kier molecular flexibility index (Phi) is 4.96. The van der Waals surface area contributed by atoms with Crippen LogP contribution in [-0.4, -0.2) is 52.0 Å². The van der Waals surface area contributed by atoms with Crippen LogP contribution in [0.2, 0.25) is 0 Å². The lowest BCUT2D eigenvalue weighted by Gasteiger charge is -2.27. The van der Waals surface area contributed by atoms with E-state index in [0.717, 1.165) is 11.8 Å². The first-order chi connectivity index (χ1) is 12.5. The third kappa shape index (κ3) is 4.45. The molecule has 3 rings (SSSR count). The van der Waals surface area contributed by atoms with Crippen LogP contribution in [0.4, 0.5) is 0 Å². The van der Waals surface area contributed by atoms with Gasteiger partial charge in [-0.1, -0.05) is 12.1 Å². The predicted molar refractivity (Wildman–Crippen MR) is 101 cm³/mol. The predicted octanol–water partition coefficient (Wildman–Crippen LogP) is 0.765. The Hall–Kier alpha value is -2.46. The molecule has 0 fully saturated rings. The fraction of sp³-hybridized carbons (Fsp3) is 0.294. The molecular weight excluding hydrogens is 390 g/mol. The summed E-state index contributed by atoms with van der Waals surface area (Å²) in [5.74, 6) is -0.126. The van der Waals surface area contributed by atoms with E-state index in [2.05, 4.69) is 9.71 Å². The van der Waals surface area contributed by atoms with Crippen molar-refractivity contribution in [3.8, 4) is 0 Å². The van der Waals surface area contributed by atoms with Crippen LogP contribution in [0.5, 0.6) is 0 Å². The van der Waals surface area contributed by atoms with Gasteiger partial charge in [-0.3, -0.25) is 4.79 Å². The van der Waals surface area contributed by atoms with E-state index in [1.54, 1.807) is 30.2 Å². The Bertz CT molecular complexity index is 1070. The SMILES string of the molecule is C[C@@H](NC(=O)C1=CN2CCS(=O)(=O)N=C2C=C1)c1ccc(S(C)(=O)=O)cc1. The Morgan fingerprint density at radius 3 is 2.52 bits per heavy atom. The summed E-state index contributed by atoms with van der Waals surface area (Å²) in [6, 6.07) is 5.99. The van der Waals surface area contributed by atoms with Gasteiger partial charge < -0.3 is 10.2 Å². The monoisotopic (exact) mass is 409 g/mol. The molecule has 0 saturated carbocycles. The largest absolute Gasteiger partial charge is 0.345 e. The summed E-state index contributed by atoms with van der Waals surface area (Å²) >= 11 is 0. The average Bonchev–Trinajstić information content (AvgIpc) is 2.59. The zero-order valence-electron chi connectivity index (χ0n) is 14.8. The Morgan fingerprint density at radius 1 is 1.22 bits per heavy atom. The Morgan fingerprint density at radius 2 is 1.89 bits per heavy atom. The third-order valence-corrected chi connectivity index (χ3v) is 6.53. The molecule has 0 unspecified atom stereocenters. The first kappa shape index (κ1) is 19.3. The van der Waals surface area contributed by atoms with Crippen LogP contribution in [0.1, 0.15) is 18.5 Å². The topological polar surface area (TPSA) is 113 Å². The first-order valence-corrected chi connectivity index (χ1v) is 11.7. The molecule has 1 N–H and O–H groups in total. The quantitative estimate of drug-likeness (QED) is 0.786. The number of sulfonamides is 1. The van der Waals surface area contributed by atoms with Gasteiger partial charge in [0.15, 0.2) is 9.84 Å². The molecule has 0 spiro atoms. The maximum Gasteiger partial charge on any atom is 0.256 e. The van der Waals surface area contributed by atoms with Crippen LogP contribution >= 0.6 is 0 Å². The number of hydrogen-bond donors (Lipinski definition) is 1. The summed E-state index contributed by atoms with van der Waals surface area (Å²) in [5.41, 5.74) is 1.15.